The Morgan fingerprint density at radius 2 is 2.17 bits per heavy atom. The molecule has 7 heteroatoms. The van der Waals surface area contributed by atoms with E-state index in [-0.39, 0.29) is 24.5 Å². The fourth-order valence-electron chi connectivity index (χ4n) is 1.96. The molecule has 0 aromatic carbocycles. The minimum absolute atomic E-state index is 0.135. The predicted octanol–water partition coefficient (Wildman–Crippen LogP) is 0.689. The zero-order chi connectivity index (χ0) is 13.2. The number of sulfonamides is 1. The average molecular weight is 276 g/mol. The highest BCUT2D eigenvalue weighted by atomic mass is 32.2. The van der Waals surface area contributed by atoms with Gasteiger partial charge >= 0.3 is 6.09 Å². The van der Waals surface area contributed by atoms with Crippen molar-refractivity contribution >= 4 is 16.1 Å². The largest absolute Gasteiger partial charge is 0.443 e. The van der Waals surface area contributed by atoms with Gasteiger partial charge in [0.15, 0.2) is 0 Å². The smallest absolute Gasteiger partial charge is 0.410 e. The van der Waals surface area contributed by atoms with E-state index in [2.05, 4.69) is 4.72 Å². The molecule has 1 heterocycles. The summed E-state index contributed by atoms with van der Waals surface area (Å²) in [5.41, 5.74) is 0. The Labute approximate surface area is 108 Å². The van der Waals surface area contributed by atoms with Crippen molar-refractivity contribution in [2.45, 2.75) is 44.8 Å². The van der Waals surface area contributed by atoms with Gasteiger partial charge in [-0.05, 0) is 19.3 Å². The number of carbonyl (C=O) groups is 1. The normalized spacial score (nSPS) is 24.4. The molecule has 0 radical (unpaired) electrons. The van der Waals surface area contributed by atoms with E-state index in [0.29, 0.717) is 19.0 Å². The third-order valence-corrected chi connectivity index (χ3v) is 4.62. The summed E-state index contributed by atoms with van der Waals surface area (Å²) in [6.07, 6.45) is 2.89. The Morgan fingerprint density at radius 1 is 1.44 bits per heavy atom. The molecule has 2 aliphatic rings. The molecule has 1 unspecified atom stereocenters. The molecule has 2 fully saturated rings. The van der Waals surface area contributed by atoms with Gasteiger partial charge in [-0.15, -0.1) is 0 Å². The highest BCUT2D eigenvalue weighted by molar-refractivity contribution is 7.89. The quantitative estimate of drug-likeness (QED) is 0.742. The van der Waals surface area contributed by atoms with Crippen LogP contribution in [0.1, 0.15) is 32.6 Å². The van der Waals surface area contributed by atoms with E-state index in [0.717, 1.165) is 19.3 Å². The molecule has 2 rings (SSSR count). The Balaban J connectivity index is 1.76. The van der Waals surface area contributed by atoms with E-state index in [1.807, 2.05) is 6.92 Å². The maximum Gasteiger partial charge on any atom is 0.410 e. The zero-order valence-corrected chi connectivity index (χ0v) is 11.4. The molecule has 1 aliphatic carbocycles. The van der Waals surface area contributed by atoms with Gasteiger partial charge in [0.2, 0.25) is 10.0 Å². The molecule has 1 N–H and O–H groups in total. The van der Waals surface area contributed by atoms with Crippen LogP contribution in [0.4, 0.5) is 4.79 Å². The molecule has 0 bridgehead atoms. The SMILES string of the molecule is CCCCS(=O)(=O)NCC1CN(C2CC2)C(=O)O1. The van der Waals surface area contributed by atoms with Gasteiger partial charge in [-0.2, -0.15) is 0 Å². The first-order valence-corrected chi connectivity index (χ1v) is 8.11. The van der Waals surface area contributed by atoms with Crippen LogP contribution >= 0.6 is 0 Å². The number of nitrogens with one attached hydrogen (secondary N) is 1. The minimum Gasteiger partial charge on any atom is -0.443 e. The van der Waals surface area contributed by atoms with Crippen LogP contribution in [-0.4, -0.2) is 50.4 Å². The molecule has 1 atom stereocenters. The van der Waals surface area contributed by atoms with Crippen molar-refractivity contribution in [3.8, 4) is 0 Å². The molecule has 6 nitrogen and oxygen atoms in total. The van der Waals surface area contributed by atoms with Crippen molar-refractivity contribution in [2.75, 3.05) is 18.8 Å². The van der Waals surface area contributed by atoms with Crippen LogP contribution in [0.3, 0.4) is 0 Å². The molecule has 1 saturated heterocycles. The second-order valence-corrected chi connectivity index (χ2v) is 6.84. The fourth-order valence-corrected chi connectivity index (χ4v) is 3.21. The van der Waals surface area contributed by atoms with Crippen molar-refractivity contribution in [2.24, 2.45) is 0 Å². The van der Waals surface area contributed by atoms with E-state index in [1.54, 1.807) is 4.90 Å². The molecule has 0 aromatic rings. The topological polar surface area (TPSA) is 75.7 Å². The fraction of sp³-hybridized carbons (Fsp3) is 0.909. The standard InChI is InChI=1S/C11H20N2O4S/c1-2-3-6-18(15,16)12-7-10-8-13(9-4-5-9)11(14)17-10/h9-10,12H,2-8H2,1H3. The third kappa shape index (κ3) is 3.58. The number of hydrogen-bond donors (Lipinski definition) is 1. The van der Waals surface area contributed by atoms with Gasteiger partial charge in [-0.1, -0.05) is 13.3 Å². The molecule has 1 saturated carbocycles. The highest BCUT2D eigenvalue weighted by Crippen LogP contribution is 2.30. The molecule has 0 spiro atoms. The summed E-state index contributed by atoms with van der Waals surface area (Å²) in [5.74, 6) is 0.135. The lowest BCUT2D eigenvalue weighted by molar-refractivity contribution is 0.133. The van der Waals surface area contributed by atoms with Gasteiger partial charge in [0.05, 0.1) is 12.3 Å². The predicted molar refractivity (Wildman–Crippen MR) is 66.7 cm³/mol. The Morgan fingerprint density at radius 3 is 2.78 bits per heavy atom. The first-order chi connectivity index (χ1) is 8.52. The summed E-state index contributed by atoms with van der Waals surface area (Å²) in [6.45, 7) is 2.63. The van der Waals surface area contributed by atoms with Crippen molar-refractivity contribution in [3.05, 3.63) is 0 Å². The molecular weight excluding hydrogens is 256 g/mol. The summed E-state index contributed by atoms with van der Waals surface area (Å²) in [4.78, 5) is 13.2. The number of cyclic esters (lactones) is 1. The van der Waals surface area contributed by atoms with Gasteiger partial charge in [0.25, 0.3) is 0 Å². The Kier molecular flexibility index (Phi) is 4.11. The number of ether oxygens (including phenoxy) is 1. The van der Waals surface area contributed by atoms with Crippen molar-refractivity contribution in [3.63, 3.8) is 0 Å². The van der Waals surface area contributed by atoms with E-state index >= 15 is 0 Å². The summed E-state index contributed by atoms with van der Waals surface area (Å²) in [7, 11) is -3.23. The summed E-state index contributed by atoms with van der Waals surface area (Å²) in [6, 6.07) is 0.319. The third-order valence-electron chi connectivity index (χ3n) is 3.19. The highest BCUT2D eigenvalue weighted by Gasteiger charge is 2.40. The number of carbonyl (C=O) groups excluding carboxylic acids is 1. The second kappa shape index (κ2) is 5.44. The van der Waals surface area contributed by atoms with E-state index in [4.69, 9.17) is 4.74 Å². The van der Waals surface area contributed by atoms with Crippen LogP contribution in [0.25, 0.3) is 0 Å². The maximum absolute atomic E-state index is 11.6. The lowest BCUT2D eigenvalue weighted by atomic mass is 10.3. The molecule has 1 aliphatic heterocycles. The lowest BCUT2D eigenvalue weighted by Crippen LogP contribution is -2.36. The Hall–Kier alpha value is -0.820. The van der Waals surface area contributed by atoms with Crippen LogP contribution in [0.2, 0.25) is 0 Å². The summed E-state index contributed by atoms with van der Waals surface area (Å²) in [5, 5.41) is 0. The minimum atomic E-state index is -3.23. The lowest BCUT2D eigenvalue weighted by Gasteiger charge is -2.11. The van der Waals surface area contributed by atoms with E-state index in [9.17, 15) is 13.2 Å². The average Bonchev–Trinajstić information content (AvgIpc) is 3.09. The Bertz CT molecular complexity index is 405. The van der Waals surface area contributed by atoms with Crippen LogP contribution < -0.4 is 4.72 Å². The molecule has 1 amide bonds. The van der Waals surface area contributed by atoms with Gasteiger partial charge in [-0.25, -0.2) is 17.9 Å². The monoisotopic (exact) mass is 276 g/mol. The number of nitrogens with zero attached hydrogens (tertiary/aromatic N) is 1. The number of unbranched alkanes of at least 4 members (excludes halogenated alkanes) is 1. The number of hydrogen-bond acceptors (Lipinski definition) is 4. The number of rotatable bonds is 7. The van der Waals surface area contributed by atoms with Gasteiger partial charge in [0.1, 0.15) is 6.10 Å². The summed E-state index contributed by atoms with van der Waals surface area (Å²) >= 11 is 0. The van der Waals surface area contributed by atoms with Crippen LogP contribution in [0, 0.1) is 0 Å². The van der Waals surface area contributed by atoms with Crippen LogP contribution in [0.5, 0.6) is 0 Å². The molecular formula is C11H20N2O4S. The van der Waals surface area contributed by atoms with Gasteiger partial charge in [0, 0.05) is 12.6 Å². The van der Waals surface area contributed by atoms with Gasteiger partial charge in [-0.3, -0.25) is 0 Å². The number of amides is 1. The first kappa shape index (κ1) is 13.6. The first-order valence-electron chi connectivity index (χ1n) is 6.46. The maximum atomic E-state index is 11.6. The van der Waals surface area contributed by atoms with Crippen molar-refractivity contribution < 1.29 is 17.9 Å². The van der Waals surface area contributed by atoms with Crippen LogP contribution in [-0.2, 0) is 14.8 Å². The van der Waals surface area contributed by atoms with Crippen molar-refractivity contribution in [1.82, 2.24) is 9.62 Å². The van der Waals surface area contributed by atoms with Crippen molar-refractivity contribution in [1.29, 1.82) is 0 Å². The van der Waals surface area contributed by atoms with Crippen LogP contribution in [0.15, 0.2) is 0 Å². The van der Waals surface area contributed by atoms with E-state index in [1.165, 1.54) is 0 Å². The molecule has 104 valence electrons. The molecule has 18 heavy (non-hydrogen) atoms. The van der Waals surface area contributed by atoms with E-state index < -0.39 is 10.0 Å². The summed E-state index contributed by atoms with van der Waals surface area (Å²) < 4.78 is 30.8. The zero-order valence-electron chi connectivity index (χ0n) is 10.6. The second-order valence-electron chi connectivity index (χ2n) is 4.91. The van der Waals surface area contributed by atoms with Gasteiger partial charge < -0.3 is 9.64 Å². The molecule has 0 aromatic heterocycles.